The fourth-order valence-electron chi connectivity index (χ4n) is 2.80. The highest BCUT2D eigenvalue weighted by Gasteiger charge is 2.34. The minimum Gasteiger partial charge on any atom is -0.493 e. The van der Waals surface area contributed by atoms with E-state index in [4.69, 9.17) is 25.8 Å². The molecule has 31 heavy (non-hydrogen) atoms. The number of rotatable bonds is 9. The van der Waals surface area contributed by atoms with Gasteiger partial charge < -0.3 is 14.2 Å². The van der Waals surface area contributed by atoms with Gasteiger partial charge in [-0.15, -0.1) is 0 Å². The number of nitrogens with zero attached hydrogens (tertiary/aromatic N) is 1. The Morgan fingerprint density at radius 2 is 1.87 bits per heavy atom. The molecule has 2 amide bonds. The van der Waals surface area contributed by atoms with Crippen molar-refractivity contribution in [3.8, 4) is 17.2 Å². The molecular weight excluding hydrogens is 438 g/mol. The normalized spacial score (nSPS) is 16.0. The number of thioether (sulfide) groups is 1. The smallest absolute Gasteiger partial charge is 0.293 e. The van der Waals surface area contributed by atoms with Crippen LogP contribution in [-0.4, -0.2) is 42.4 Å². The van der Waals surface area contributed by atoms with Crippen LogP contribution in [0.2, 0.25) is 5.02 Å². The number of amides is 2. The predicted molar refractivity (Wildman–Crippen MR) is 123 cm³/mol. The summed E-state index contributed by atoms with van der Waals surface area (Å²) in [6.07, 6.45) is 2.62. The van der Waals surface area contributed by atoms with Crippen LogP contribution < -0.4 is 14.2 Å². The predicted octanol–water partition coefficient (Wildman–Crippen LogP) is 5.64. The van der Waals surface area contributed by atoms with Crippen molar-refractivity contribution in [1.82, 2.24) is 4.90 Å². The fraction of sp³-hybridized carbons (Fsp3) is 0.304. The van der Waals surface area contributed by atoms with Crippen LogP contribution >= 0.6 is 23.4 Å². The summed E-state index contributed by atoms with van der Waals surface area (Å²) >= 11 is 6.76. The fourth-order valence-corrected chi connectivity index (χ4v) is 3.79. The minimum absolute atomic E-state index is 0.0614. The van der Waals surface area contributed by atoms with E-state index in [1.807, 2.05) is 19.9 Å². The van der Waals surface area contributed by atoms with Gasteiger partial charge in [0.1, 0.15) is 12.4 Å². The van der Waals surface area contributed by atoms with E-state index in [0.29, 0.717) is 27.2 Å². The molecule has 1 atom stereocenters. The summed E-state index contributed by atoms with van der Waals surface area (Å²) in [4.78, 5) is 26.6. The summed E-state index contributed by atoms with van der Waals surface area (Å²) in [5.41, 5.74) is 0.747. The molecule has 0 N–H and O–H groups in total. The monoisotopic (exact) mass is 461 g/mol. The standard InChI is InChI=1S/C23H24ClNO5S/c1-4-15(2)30-19-10-5-16(13-20(19)28-3)14-21-22(26)25(23(27)31-21)11-12-29-18-8-6-17(24)7-9-18/h5-10,13-15H,4,11-12H2,1-3H3/b21-14-. The molecule has 6 nitrogen and oxygen atoms in total. The Balaban J connectivity index is 1.65. The van der Waals surface area contributed by atoms with Gasteiger partial charge in [0, 0.05) is 5.02 Å². The van der Waals surface area contributed by atoms with Crippen molar-refractivity contribution in [3.05, 3.63) is 58.0 Å². The summed E-state index contributed by atoms with van der Waals surface area (Å²) in [6, 6.07) is 12.3. The van der Waals surface area contributed by atoms with Gasteiger partial charge in [-0.25, -0.2) is 0 Å². The zero-order chi connectivity index (χ0) is 22.4. The minimum atomic E-state index is -0.339. The SMILES string of the molecule is CCC(C)Oc1ccc(/C=C2\SC(=O)N(CCOc3ccc(Cl)cc3)C2=O)cc1OC. The molecule has 0 radical (unpaired) electrons. The van der Waals surface area contributed by atoms with Gasteiger partial charge in [0.2, 0.25) is 0 Å². The molecule has 1 unspecified atom stereocenters. The molecule has 0 bridgehead atoms. The first-order chi connectivity index (χ1) is 14.9. The molecular formula is C23H24ClNO5S. The van der Waals surface area contributed by atoms with Gasteiger partial charge in [0.05, 0.1) is 24.7 Å². The zero-order valence-electron chi connectivity index (χ0n) is 17.6. The second-order valence-corrected chi connectivity index (χ2v) is 8.31. The first-order valence-electron chi connectivity index (χ1n) is 9.89. The largest absolute Gasteiger partial charge is 0.493 e. The molecule has 2 aromatic carbocycles. The second-order valence-electron chi connectivity index (χ2n) is 6.88. The molecule has 1 saturated heterocycles. The molecule has 8 heteroatoms. The molecule has 1 fully saturated rings. The Labute approximate surface area is 191 Å². The molecule has 0 saturated carbocycles. The quantitative estimate of drug-likeness (QED) is 0.450. The molecule has 0 aliphatic carbocycles. The Morgan fingerprint density at radius 1 is 1.13 bits per heavy atom. The lowest BCUT2D eigenvalue weighted by Crippen LogP contribution is -2.32. The second kappa shape index (κ2) is 10.6. The molecule has 0 spiro atoms. The number of halogens is 1. The van der Waals surface area contributed by atoms with Gasteiger partial charge in [-0.3, -0.25) is 14.5 Å². The lowest BCUT2D eigenvalue weighted by atomic mass is 10.1. The summed E-state index contributed by atoms with van der Waals surface area (Å²) in [7, 11) is 1.57. The molecule has 0 aromatic heterocycles. The number of imide groups is 1. The van der Waals surface area contributed by atoms with Crippen molar-refractivity contribution >= 4 is 40.6 Å². The molecule has 2 aromatic rings. The Kier molecular flexibility index (Phi) is 7.87. The van der Waals surface area contributed by atoms with Crippen LogP contribution in [0.25, 0.3) is 6.08 Å². The van der Waals surface area contributed by atoms with Crippen LogP contribution in [0.1, 0.15) is 25.8 Å². The molecule has 164 valence electrons. The van der Waals surface area contributed by atoms with Gasteiger partial charge >= 0.3 is 0 Å². The van der Waals surface area contributed by atoms with Crippen LogP contribution in [0.3, 0.4) is 0 Å². The van der Waals surface area contributed by atoms with Crippen molar-refractivity contribution in [2.45, 2.75) is 26.4 Å². The van der Waals surface area contributed by atoms with E-state index in [-0.39, 0.29) is 30.4 Å². The number of benzene rings is 2. The van der Waals surface area contributed by atoms with E-state index in [0.717, 1.165) is 23.7 Å². The van der Waals surface area contributed by atoms with E-state index in [1.54, 1.807) is 49.6 Å². The van der Waals surface area contributed by atoms with Crippen molar-refractivity contribution in [2.24, 2.45) is 0 Å². The van der Waals surface area contributed by atoms with E-state index in [9.17, 15) is 9.59 Å². The average Bonchev–Trinajstić information content (AvgIpc) is 3.03. The maximum absolute atomic E-state index is 12.7. The highest BCUT2D eigenvalue weighted by Crippen LogP contribution is 2.35. The summed E-state index contributed by atoms with van der Waals surface area (Å²) in [5.74, 6) is 1.50. The van der Waals surface area contributed by atoms with Crippen LogP contribution in [0.15, 0.2) is 47.4 Å². The van der Waals surface area contributed by atoms with Gasteiger partial charge in [-0.2, -0.15) is 0 Å². The van der Waals surface area contributed by atoms with Crippen LogP contribution in [0.5, 0.6) is 17.2 Å². The van der Waals surface area contributed by atoms with Crippen molar-refractivity contribution in [2.75, 3.05) is 20.3 Å². The molecule has 1 aliphatic rings. The number of carbonyl (C=O) groups is 2. The topological polar surface area (TPSA) is 65.1 Å². The number of ether oxygens (including phenoxy) is 3. The number of hydrogen-bond acceptors (Lipinski definition) is 6. The van der Waals surface area contributed by atoms with Crippen molar-refractivity contribution < 1.29 is 23.8 Å². The van der Waals surface area contributed by atoms with Gasteiger partial charge in [-0.1, -0.05) is 24.6 Å². The third kappa shape index (κ3) is 5.95. The van der Waals surface area contributed by atoms with Crippen LogP contribution in [0, 0.1) is 0 Å². The number of methoxy groups -OCH3 is 1. The highest BCUT2D eigenvalue weighted by atomic mass is 35.5. The van der Waals surface area contributed by atoms with E-state index < -0.39 is 0 Å². The van der Waals surface area contributed by atoms with E-state index in [2.05, 4.69) is 0 Å². The van der Waals surface area contributed by atoms with E-state index in [1.165, 1.54) is 4.90 Å². The number of carbonyl (C=O) groups excluding carboxylic acids is 2. The number of hydrogen-bond donors (Lipinski definition) is 0. The first kappa shape index (κ1) is 23.0. The van der Waals surface area contributed by atoms with Crippen LogP contribution in [-0.2, 0) is 4.79 Å². The van der Waals surface area contributed by atoms with Gasteiger partial charge in [0.15, 0.2) is 11.5 Å². The Morgan fingerprint density at radius 3 is 2.55 bits per heavy atom. The summed E-state index contributed by atoms with van der Waals surface area (Å²) in [6.45, 7) is 4.39. The lowest BCUT2D eigenvalue weighted by molar-refractivity contribution is -0.123. The summed E-state index contributed by atoms with van der Waals surface area (Å²) in [5, 5.41) is 0.291. The lowest BCUT2D eigenvalue weighted by Gasteiger charge is -2.15. The summed E-state index contributed by atoms with van der Waals surface area (Å²) < 4.78 is 16.9. The maximum atomic E-state index is 12.7. The highest BCUT2D eigenvalue weighted by molar-refractivity contribution is 8.18. The van der Waals surface area contributed by atoms with Gasteiger partial charge in [-0.05, 0) is 73.1 Å². The van der Waals surface area contributed by atoms with E-state index >= 15 is 0 Å². The first-order valence-corrected chi connectivity index (χ1v) is 11.1. The Bertz CT molecular complexity index is 976. The Hall–Kier alpha value is -2.64. The van der Waals surface area contributed by atoms with Crippen molar-refractivity contribution in [3.63, 3.8) is 0 Å². The molecule has 1 aliphatic heterocycles. The van der Waals surface area contributed by atoms with Crippen LogP contribution in [0.4, 0.5) is 4.79 Å². The zero-order valence-corrected chi connectivity index (χ0v) is 19.2. The van der Waals surface area contributed by atoms with Gasteiger partial charge in [0.25, 0.3) is 11.1 Å². The third-order valence-electron chi connectivity index (χ3n) is 4.66. The maximum Gasteiger partial charge on any atom is 0.293 e. The molecule has 1 heterocycles. The average molecular weight is 462 g/mol. The molecule has 3 rings (SSSR count). The third-order valence-corrected chi connectivity index (χ3v) is 5.82. The van der Waals surface area contributed by atoms with Crippen molar-refractivity contribution in [1.29, 1.82) is 0 Å².